The third-order valence-corrected chi connectivity index (χ3v) is 6.17. The van der Waals surface area contributed by atoms with Gasteiger partial charge in [0.25, 0.3) is 0 Å². The average Bonchev–Trinajstić information content (AvgIpc) is 3.27. The molecule has 0 aliphatic carbocycles. The van der Waals surface area contributed by atoms with E-state index in [0.29, 0.717) is 46.3 Å². The second-order valence-corrected chi connectivity index (χ2v) is 9.22. The summed E-state index contributed by atoms with van der Waals surface area (Å²) >= 11 is 12.6. The SMILES string of the molecule is COC(=O)Nc1ccc2c(c1)NC(=O)CC/C=C/C[C@H](NC(=O)/C=C/c1cccc(Cl)c1)c1nc-2c(Cl)[nH]1. The van der Waals surface area contributed by atoms with Gasteiger partial charge < -0.3 is 20.4 Å². The van der Waals surface area contributed by atoms with E-state index in [9.17, 15) is 14.4 Å². The molecule has 4 N–H and O–H groups in total. The first-order valence-electron chi connectivity index (χ1n) is 11.8. The lowest BCUT2D eigenvalue weighted by Crippen LogP contribution is -2.27. The lowest BCUT2D eigenvalue weighted by atomic mass is 10.1. The minimum atomic E-state index is -0.644. The van der Waals surface area contributed by atoms with Gasteiger partial charge in [0.15, 0.2) is 0 Å². The molecule has 2 aromatic carbocycles. The highest BCUT2D eigenvalue weighted by atomic mass is 35.5. The molecule has 0 radical (unpaired) electrons. The highest BCUT2D eigenvalue weighted by molar-refractivity contribution is 6.32. The lowest BCUT2D eigenvalue weighted by Gasteiger charge is -2.14. The fraction of sp³-hybridized carbons (Fsp3) is 0.185. The van der Waals surface area contributed by atoms with Crippen LogP contribution in [-0.2, 0) is 14.3 Å². The summed E-state index contributed by atoms with van der Waals surface area (Å²) in [5, 5.41) is 9.22. The predicted octanol–water partition coefficient (Wildman–Crippen LogP) is 6.11. The normalized spacial score (nSPS) is 16.3. The number of hydrogen-bond donors (Lipinski definition) is 4. The number of hydrogen-bond acceptors (Lipinski definition) is 5. The van der Waals surface area contributed by atoms with Crippen LogP contribution in [0.2, 0.25) is 10.2 Å². The number of H-pyrrole nitrogens is 1. The summed E-state index contributed by atoms with van der Waals surface area (Å²) in [5.74, 6) is -0.0850. The Morgan fingerprint density at radius 1 is 1.16 bits per heavy atom. The summed E-state index contributed by atoms with van der Waals surface area (Å²) < 4.78 is 4.65. The number of fused-ring (bicyclic) bond motifs is 4. The van der Waals surface area contributed by atoms with Crippen molar-refractivity contribution in [3.63, 3.8) is 0 Å². The Kier molecular flexibility index (Phi) is 8.83. The molecular formula is C27H25Cl2N5O4. The van der Waals surface area contributed by atoms with Gasteiger partial charge in [-0.2, -0.15) is 0 Å². The molecule has 0 fully saturated rings. The van der Waals surface area contributed by atoms with Crippen LogP contribution in [0, 0.1) is 0 Å². The first kappa shape index (κ1) is 27.0. The number of carbonyl (C=O) groups excluding carboxylic acids is 3. The van der Waals surface area contributed by atoms with E-state index in [-0.39, 0.29) is 23.4 Å². The van der Waals surface area contributed by atoms with Crippen molar-refractivity contribution in [3.05, 3.63) is 82.3 Å². The van der Waals surface area contributed by atoms with Crippen molar-refractivity contribution >= 4 is 58.6 Å². The summed E-state index contributed by atoms with van der Waals surface area (Å²) in [7, 11) is 1.26. The van der Waals surface area contributed by atoms with Crippen LogP contribution in [-0.4, -0.2) is 35.0 Å². The van der Waals surface area contributed by atoms with Gasteiger partial charge in [0.1, 0.15) is 16.7 Å². The third-order valence-electron chi connectivity index (χ3n) is 5.66. The zero-order chi connectivity index (χ0) is 27.1. The zero-order valence-electron chi connectivity index (χ0n) is 20.4. The number of methoxy groups -OCH3 is 1. The number of rotatable bonds is 4. The highest BCUT2D eigenvalue weighted by Crippen LogP contribution is 2.35. The van der Waals surface area contributed by atoms with Crippen LogP contribution >= 0.6 is 23.2 Å². The Bertz CT molecular complexity index is 1420. The predicted molar refractivity (Wildman–Crippen MR) is 148 cm³/mol. The van der Waals surface area contributed by atoms with Crippen molar-refractivity contribution in [2.75, 3.05) is 17.7 Å². The number of allylic oxidation sites excluding steroid dienone is 1. The highest BCUT2D eigenvalue weighted by Gasteiger charge is 2.22. The monoisotopic (exact) mass is 553 g/mol. The van der Waals surface area contributed by atoms with Crippen LogP contribution in [0.25, 0.3) is 17.3 Å². The molecular weight excluding hydrogens is 529 g/mol. The molecule has 1 aliphatic heterocycles. The van der Waals surface area contributed by atoms with Crippen molar-refractivity contribution in [1.29, 1.82) is 0 Å². The third kappa shape index (κ3) is 7.02. The molecule has 3 amide bonds. The van der Waals surface area contributed by atoms with Crippen molar-refractivity contribution < 1.29 is 19.1 Å². The second-order valence-electron chi connectivity index (χ2n) is 8.41. The van der Waals surface area contributed by atoms with Crippen molar-refractivity contribution in [2.45, 2.75) is 25.3 Å². The van der Waals surface area contributed by atoms with Crippen LogP contribution in [0.1, 0.15) is 36.7 Å². The number of benzene rings is 2. The summed E-state index contributed by atoms with van der Waals surface area (Å²) in [6.07, 6.45) is 7.38. The number of nitrogens with zero attached hydrogens (tertiary/aromatic N) is 1. The lowest BCUT2D eigenvalue weighted by molar-refractivity contribution is -0.117. The van der Waals surface area contributed by atoms with Crippen LogP contribution < -0.4 is 16.0 Å². The van der Waals surface area contributed by atoms with E-state index < -0.39 is 12.1 Å². The van der Waals surface area contributed by atoms with Crippen LogP contribution in [0.3, 0.4) is 0 Å². The average molecular weight is 554 g/mol. The maximum Gasteiger partial charge on any atom is 0.411 e. The first-order valence-corrected chi connectivity index (χ1v) is 12.5. The molecule has 4 rings (SSSR count). The second kappa shape index (κ2) is 12.4. The summed E-state index contributed by atoms with van der Waals surface area (Å²) in [6, 6.07) is 11.6. The molecule has 196 valence electrons. The summed E-state index contributed by atoms with van der Waals surface area (Å²) in [4.78, 5) is 44.8. The van der Waals surface area contributed by atoms with Gasteiger partial charge in [-0.05, 0) is 54.8 Å². The number of aromatic amines is 1. The molecule has 1 aromatic heterocycles. The molecule has 2 heterocycles. The molecule has 11 heteroatoms. The molecule has 1 atom stereocenters. The first-order chi connectivity index (χ1) is 18.3. The zero-order valence-corrected chi connectivity index (χ0v) is 21.9. The van der Waals surface area contributed by atoms with E-state index in [1.165, 1.54) is 13.2 Å². The minimum absolute atomic E-state index is 0.215. The molecule has 0 saturated carbocycles. The van der Waals surface area contributed by atoms with Gasteiger partial charge in [-0.3, -0.25) is 14.9 Å². The molecule has 1 aliphatic rings. The number of ether oxygens (including phenoxy) is 1. The van der Waals surface area contributed by atoms with Gasteiger partial charge in [-0.15, -0.1) is 0 Å². The summed E-state index contributed by atoms with van der Waals surface area (Å²) in [5.41, 5.74) is 2.55. The number of aromatic nitrogens is 2. The summed E-state index contributed by atoms with van der Waals surface area (Å²) in [6.45, 7) is 0. The number of nitrogens with one attached hydrogen (secondary N) is 4. The molecule has 9 nitrogen and oxygen atoms in total. The Labute approximate surface area is 229 Å². The van der Waals surface area contributed by atoms with Gasteiger partial charge >= 0.3 is 6.09 Å². The molecule has 2 bridgehead atoms. The van der Waals surface area contributed by atoms with Gasteiger partial charge in [0.2, 0.25) is 11.8 Å². The van der Waals surface area contributed by atoms with Crippen molar-refractivity contribution in [1.82, 2.24) is 15.3 Å². The Hall–Kier alpha value is -4.08. The van der Waals surface area contributed by atoms with Gasteiger partial charge in [0, 0.05) is 28.8 Å². The smallest absolute Gasteiger partial charge is 0.411 e. The Morgan fingerprint density at radius 3 is 2.79 bits per heavy atom. The van der Waals surface area contributed by atoms with E-state index in [2.05, 4.69) is 30.7 Å². The Balaban J connectivity index is 1.65. The van der Waals surface area contributed by atoms with E-state index in [1.807, 2.05) is 18.2 Å². The van der Waals surface area contributed by atoms with E-state index in [0.717, 1.165) is 5.56 Å². The molecule has 0 saturated heterocycles. The van der Waals surface area contributed by atoms with E-state index in [1.54, 1.807) is 42.5 Å². The molecule has 0 spiro atoms. The maximum atomic E-state index is 12.8. The quantitative estimate of drug-likeness (QED) is 0.229. The molecule has 3 aromatic rings. The maximum absolute atomic E-state index is 12.8. The topological polar surface area (TPSA) is 125 Å². The van der Waals surface area contributed by atoms with Crippen LogP contribution in [0.4, 0.5) is 16.2 Å². The molecule has 38 heavy (non-hydrogen) atoms. The number of anilines is 2. The van der Waals surface area contributed by atoms with Crippen molar-refractivity contribution in [2.24, 2.45) is 0 Å². The fourth-order valence-electron chi connectivity index (χ4n) is 3.83. The van der Waals surface area contributed by atoms with Gasteiger partial charge in [0.05, 0.1) is 18.8 Å². The standard InChI is InChI=1S/C27H25Cl2N5O4/c1-38-27(37)30-18-11-12-19-21(15-18)32-22(35)9-4-2-3-8-20(26-33-24(19)25(29)34-26)31-23(36)13-10-16-6-5-7-17(28)14-16/h2-3,5-7,10-15,20H,4,8-9H2,1H3,(H,30,37)(H,31,36)(H,32,35)(H,33,34)/b3-2+,13-10+/t20-/m0/s1. The van der Waals surface area contributed by atoms with Crippen molar-refractivity contribution in [3.8, 4) is 11.3 Å². The largest absolute Gasteiger partial charge is 0.453 e. The van der Waals surface area contributed by atoms with Crippen LogP contribution in [0.15, 0.2) is 60.7 Å². The van der Waals surface area contributed by atoms with E-state index >= 15 is 0 Å². The number of halogens is 2. The Morgan fingerprint density at radius 2 is 2.00 bits per heavy atom. The molecule has 0 unspecified atom stereocenters. The fourth-order valence-corrected chi connectivity index (χ4v) is 4.27. The number of amides is 3. The number of carbonyl (C=O) groups is 3. The number of imidazole rings is 1. The minimum Gasteiger partial charge on any atom is -0.453 e. The van der Waals surface area contributed by atoms with Gasteiger partial charge in [-0.1, -0.05) is 47.5 Å². The van der Waals surface area contributed by atoms with Crippen LogP contribution in [0.5, 0.6) is 0 Å². The van der Waals surface area contributed by atoms with E-state index in [4.69, 9.17) is 23.2 Å². The van der Waals surface area contributed by atoms with Gasteiger partial charge in [-0.25, -0.2) is 9.78 Å².